The number of para-hydroxylation sites is 1. The highest BCUT2D eigenvalue weighted by Gasteiger charge is 2.27. The number of nitrogens with zero attached hydrogens (tertiary/aromatic N) is 3. The number of hydrogen-bond donors (Lipinski definition) is 3. The summed E-state index contributed by atoms with van der Waals surface area (Å²) < 4.78 is 6.02. The van der Waals surface area contributed by atoms with Crippen molar-refractivity contribution in [2.75, 3.05) is 7.11 Å². The van der Waals surface area contributed by atoms with Crippen LogP contribution in [0.5, 0.6) is 5.88 Å². The predicted molar refractivity (Wildman–Crippen MR) is 89.3 cm³/mol. The summed E-state index contributed by atoms with van der Waals surface area (Å²) in [6, 6.07) is 6.73. The van der Waals surface area contributed by atoms with E-state index in [-0.39, 0.29) is 24.2 Å². The van der Waals surface area contributed by atoms with E-state index < -0.39 is 17.9 Å². The fourth-order valence-corrected chi connectivity index (χ4v) is 2.77. The molecule has 132 valence electrons. The van der Waals surface area contributed by atoms with Gasteiger partial charge in [-0.25, -0.2) is 5.43 Å². The standard InChI is InChI=1S/C16H19N5O4/c1-9-7-11(18-17-9)15(23)20-19-14-10-5-3-4-6-12(10)21(16(14)24)8-13(22)25-2/h3-6,9,11,17-18,24H,7-8H2,1-2H3. The molecule has 1 saturated heterocycles. The molecule has 2 unspecified atom stereocenters. The summed E-state index contributed by atoms with van der Waals surface area (Å²) in [6.07, 6.45) is 0.605. The second kappa shape index (κ2) is 6.99. The number of azo groups is 1. The SMILES string of the molecule is COC(=O)Cn1c(O)c(N=NC(=O)C2CC(C)NN2)c2ccccc21. The molecule has 0 bridgehead atoms. The normalized spacial score (nSPS) is 20.4. The topological polar surface area (TPSA) is 117 Å². The van der Waals surface area contributed by atoms with Gasteiger partial charge in [-0.15, -0.1) is 10.2 Å². The molecule has 2 atom stereocenters. The van der Waals surface area contributed by atoms with Gasteiger partial charge in [-0.2, -0.15) is 0 Å². The average molecular weight is 345 g/mol. The maximum atomic E-state index is 12.1. The summed E-state index contributed by atoms with van der Waals surface area (Å²) in [5.74, 6) is -1.18. The van der Waals surface area contributed by atoms with Crippen molar-refractivity contribution in [3.8, 4) is 5.88 Å². The number of aromatic hydroxyl groups is 1. The van der Waals surface area contributed by atoms with Crippen LogP contribution in [0.3, 0.4) is 0 Å². The summed E-state index contributed by atoms with van der Waals surface area (Å²) in [5.41, 5.74) is 6.54. The first-order chi connectivity index (χ1) is 12.0. The number of ether oxygens (including phenoxy) is 1. The molecular weight excluding hydrogens is 326 g/mol. The van der Waals surface area contributed by atoms with E-state index in [1.165, 1.54) is 11.7 Å². The number of methoxy groups -OCH3 is 1. The number of carbonyl (C=O) groups is 2. The van der Waals surface area contributed by atoms with Gasteiger partial charge in [-0.05, 0) is 19.4 Å². The van der Waals surface area contributed by atoms with Gasteiger partial charge in [-0.3, -0.25) is 19.6 Å². The van der Waals surface area contributed by atoms with Crippen LogP contribution in [0.4, 0.5) is 5.69 Å². The van der Waals surface area contributed by atoms with Gasteiger partial charge in [-0.1, -0.05) is 18.2 Å². The van der Waals surface area contributed by atoms with Gasteiger partial charge in [0.2, 0.25) is 5.88 Å². The van der Waals surface area contributed by atoms with Crippen molar-refractivity contribution >= 4 is 28.5 Å². The molecule has 1 aromatic carbocycles. The number of amides is 1. The van der Waals surface area contributed by atoms with Crippen molar-refractivity contribution in [2.24, 2.45) is 10.2 Å². The van der Waals surface area contributed by atoms with Gasteiger partial charge >= 0.3 is 5.97 Å². The molecule has 1 aromatic heterocycles. The predicted octanol–water partition coefficient (Wildman–Crippen LogP) is 1.39. The lowest BCUT2D eigenvalue weighted by Crippen LogP contribution is -2.36. The Bertz CT molecular complexity index is 844. The molecule has 0 spiro atoms. The number of carbonyl (C=O) groups excluding carboxylic acids is 2. The quantitative estimate of drug-likeness (QED) is 0.569. The number of benzene rings is 1. The zero-order valence-electron chi connectivity index (χ0n) is 13.9. The smallest absolute Gasteiger partial charge is 0.325 e. The van der Waals surface area contributed by atoms with E-state index in [0.29, 0.717) is 17.3 Å². The number of aromatic nitrogens is 1. The number of rotatable bonds is 4. The molecule has 1 fully saturated rings. The Hall–Kier alpha value is -2.78. The highest BCUT2D eigenvalue weighted by molar-refractivity contribution is 5.96. The van der Waals surface area contributed by atoms with Crippen LogP contribution in [-0.4, -0.2) is 40.7 Å². The molecule has 0 radical (unpaired) electrons. The van der Waals surface area contributed by atoms with Gasteiger partial charge in [0.1, 0.15) is 12.6 Å². The Labute approximate surface area is 143 Å². The second-order valence-electron chi connectivity index (χ2n) is 5.87. The van der Waals surface area contributed by atoms with Crippen LogP contribution in [0.15, 0.2) is 34.5 Å². The van der Waals surface area contributed by atoms with E-state index in [2.05, 4.69) is 25.8 Å². The molecule has 3 rings (SSSR count). The van der Waals surface area contributed by atoms with Crippen molar-refractivity contribution < 1.29 is 19.4 Å². The van der Waals surface area contributed by atoms with Gasteiger partial charge < -0.3 is 9.84 Å². The molecule has 3 N–H and O–H groups in total. The molecule has 25 heavy (non-hydrogen) atoms. The first-order valence-corrected chi connectivity index (χ1v) is 7.85. The van der Waals surface area contributed by atoms with E-state index in [4.69, 9.17) is 0 Å². The molecule has 9 heteroatoms. The third-order valence-electron chi connectivity index (χ3n) is 4.07. The molecule has 1 amide bonds. The number of fused-ring (bicyclic) bond motifs is 1. The average Bonchev–Trinajstić information content (AvgIpc) is 3.16. The van der Waals surface area contributed by atoms with Crippen molar-refractivity contribution in [2.45, 2.75) is 32.0 Å². The Morgan fingerprint density at radius 1 is 1.36 bits per heavy atom. The number of hydrogen-bond acceptors (Lipinski definition) is 7. The van der Waals surface area contributed by atoms with Crippen LogP contribution in [0, 0.1) is 0 Å². The lowest BCUT2D eigenvalue weighted by atomic mass is 10.1. The zero-order valence-corrected chi connectivity index (χ0v) is 13.9. The Kier molecular flexibility index (Phi) is 4.77. The van der Waals surface area contributed by atoms with Crippen LogP contribution in [0.2, 0.25) is 0 Å². The van der Waals surface area contributed by atoms with Crippen molar-refractivity contribution in [1.82, 2.24) is 15.4 Å². The number of hydrazine groups is 1. The summed E-state index contributed by atoms with van der Waals surface area (Å²) in [5, 5.41) is 18.7. The third kappa shape index (κ3) is 3.37. The molecule has 0 saturated carbocycles. The molecule has 2 aromatic rings. The van der Waals surface area contributed by atoms with E-state index in [1.807, 2.05) is 6.92 Å². The molecule has 1 aliphatic rings. The zero-order chi connectivity index (χ0) is 18.0. The van der Waals surface area contributed by atoms with Gasteiger partial charge in [0.25, 0.3) is 5.91 Å². The summed E-state index contributed by atoms with van der Waals surface area (Å²) >= 11 is 0. The fraction of sp³-hybridized carbons (Fsp3) is 0.375. The maximum Gasteiger partial charge on any atom is 0.325 e. The first kappa shape index (κ1) is 17.1. The van der Waals surface area contributed by atoms with E-state index in [9.17, 15) is 14.7 Å². The summed E-state index contributed by atoms with van der Waals surface area (Å²) in [4.78, 5) is 23.7. The van der Waals surface area contributed by atoms with Crippen LogP contribution in [0.25, 0.3) is 10.9 Å². The fourth-order valence-electron chi connectivity index (χ4n) is 2.77. The van der Waals surface area contributed by atoms with Crippen LogP contribution in [0.1, 0.15) is 13.3 Å². The van der Waals surface area contributed by atoms with Crippen LogP contribution >= 0.6 is 0 Å². The van der Waals surface area contributed by atoms with E-state index in [0.717, 1.165) is 0 Å². The van der Waals surface area contributed by atoms with E-state index >= 15 is 0 Å². The first-order valence-electron chi connectivity index (χ1n) is 7.85. The van der Waals surface area contributed by atoms with Gasteiger partial charge in [0, 0.05) is 11.4 Å². The minimum absolute atomic E-state index is 0.145. The highest BCUT2D eigenvalue weighted by Crippen LogP contribution is 2.38. The molecular formula is C16H19N5O4. The van der Waals surface area contributed by atoms with Gasteiger partial charge in [0.05, 0.1) is 12.6 Å². The number of nitrogens with one attached hydrogen (secondary N) is 2. The lowest BCUT2D eigenvalue weighted by molar-refractivity contribution is -0.141. The summed E-state index contributed by atoms with van der Waals surface area (Å²) in [7, 11) is 1.27. The van der Waals surface area contributed by atoms with Gasteiger partial charge in [0.15, 0.2) is 5.69 Å². The Morgan fingerprint density at radius 2 is 2.12 bits per heavy atom. The Balaban J connectivity index is 1.93. The second-order valence-corrected chi connectivity index (χ2v) is 5.87. The molecule has 2 heterocycles. The minimum Gasteiger partial charge on any atom is -0.493 e. The Morgan fingerprint density at radius 3 is 2.80 bits per heavy atom. The lowest BCUT2D eigenvalue weighted by Gasteiger charge is -2.04. The summed E-state index contributed by atoms with van der Waals surface area (Å²) in [6.45, 7) is 1.78. The van der Waals surface area contributed by atoms with E-state index in [1.54, 1.807) is 24.3 Å². The third-order valence-corrected chi connectivity index (χ3v) is 4.07. The molecule has 1 aliphatic heterocycles. The minimum atomic E-state index is -0.508. The monoisotopic (exact) mass is 345 g/mol. The largest absolute Gasteiger partial charge is 0.493 e. The van der Waals surface area contributed by atoms with Crippen molar-refractivity contribution in [3.63, 3.8) is 0 Å². The maximum absolute atomic E-state index is 12.1. The molecule has 0 aliphatic carbocycles. The van der Waals surface area contributed by atoms with Crippen LogP contribution < -0.4 is 10.9 Å². The van der Waals surface area contributed by atoms with Crippen molar-refractivity contribution in [3.05, 3.63) is 24.3 Å². The highest BCUT2D eigenvalue weighted by atomic mass is 16.5. The van der Waals surface area contributed by atoms with Crippen molar-refractivity contribution in [1.29, 1.82) is 0 Å². The number of esters is 1. The van der Waals surface area contributed by atoms with Crippen LogP contribution in [-0.2, 0) is 20.9 Å². The molecule has 9 nitrogen and oxygen atoms in total.